The standard InChI is InChI=1S/C16H20N2O3/c1-11-5-4-6-13(9-11)18-15(19)17-10-16(3,20)14-8-7-12(2)21-14/h4-9,20H,10H2,1-3H3,(H2,17,18,19). The predicted octanol–water partition coefficient (Wildman–Crippen LogP) is 2.93. The van der Waals surface area contributed by atoms with Crippen molar-refractivity contribution in [3.63, 3.8) is 0 Å². The van der Waals surface area contributed by atoms with Crippen molar-refractivity contribution in [1.29, 1.82) is 0 Å². The van der Waals surface area contributed by atoms with Crippen LogP contribution in [0, 0.1) is 13.8 Å². The van der Waals surface area contributed by atoms with Crippen molar-refractivity contribution in [2.45, 2.75) is 26.4 Å². The second kappa shape index (κ2) is 6.01. The third kappa shape index (κ3) is 4.10. The molecule has 5 heteroatoms. The highest BCUT2D eigenvalue weighted by atomic mass is 16.4. The van der Waals surface area contributed by atoms with Gasteiger partial charge in [0.05, 0.1) is 6.54 Å². The van der Waals surface area contributed by atoms with Crippen LogP contribution in [0.3, 0.4) is 0 Å². The number of furan rings is 1. The number of carbonyl (C=O) groups excluding carboxylic acids is 1. The number of aliphatic hydroxyl groups is 1. The third-order valence-corrected chi connectivity index (χ3v) is 3.14. The molecule has 0 spiro atoms. The zero-order valence-electron chi connectivity index (χ0n) is 12.4. The Morgan fingerprint density at radius 1 is 1.29 bits per heavy atom. The molecule has 0 radical (unpaired) electrons. The van der Waals surface area contributed by atoms with Gasteiger partial charge in [-0.2, -0.15) is 0 Å². The maximum atomic E-state index is 11.8. The summed E-state index contributed by atoms with van der Waals surface area (Å²) in [6.45, 7) is 5.40. The first kappa shape index (κ1) is 15.1. The average Bonchev–Trinajstić information content (AvgIpc) is 2.84. The SMILES string of the molecule is Cc1cccc(NC(=O)NCC(C)(O)c2ccc(C)o2)c1. The van der Waals surface area contributed by atoms with Gasteiger partial charge >= 0.3 is 6.03 Å². The van der Waals surface area contributed by atoms with E-state index in [9.17, 15) is 9.90 Å². The largest absolute Gasteiger partial charge is 0.463 e. The molecule has 1 aromatic heterocycles. The Kier molecular flexibility index (Phi) is 4.33. The van der Waals surface area contributed by atoms with E-state index in [1.165, 1.54) is 0 Å². The Morgan fingerprint density at radius 3 is 2.67 bits per heavy atom. The topological polar surface area (TPSA) is 74.5 Å². The van der Waals surface area contributed by atoms with Crippen LogP contribution in [0.25, 0.3) is 0 Å². The lowest BCUT2D eigenvalue weighted by Gasteiger charge is -2.21. The number of hydrogen-bond donors (Lipinski definition) is 3. The summed E-state index contributed by atoms with van der Waals surface area (Å²) in [5.74, 6) is 1.14. The van der Waals surface area contributed by atoms with Gasteiger partial charge in [0.25, 0.3) is 0 Å². The minimum atomic E-state index is -1.25. The van der Waals surface area contributed by atoms with Crippen molar-refractivity contribution >= 4 is 11.7 Å². The molecule has 2 rings (SSSR count). The van der Waals surface area contributed by atoms with E-state index in [1.807, 2.05) is 25.1 Å². The van der Waals surface area contributed by atoms with E-state index >= 15 is 0 Å². The molecule has 0 saturated carbocycles. The lowest BCUT2D eigenvalue weighted by atomic mass is 10.0. The summed E-state index contributed by atoms with van der Waals surface area (Å²) < 4.78 is 5.39. The molecule has 21 heavy (non-hydrogen) atoms. The van der Waals surface area contributed by atoms with Crippen molar-refractivity contribution in [2.24, 2.45) is 0 Å². The van der Waals surface area contributed by atoms with Gasteiger partial charge in [0.2, 0.25) is 0 Å². The van der Waals surface area contributed by atoms with Crippen molar-refractivity contribution in [3.8, 4) is 0 Å². The van der Waals surface area contributed by atoms with Gasteiger partial charge in [0.1, 0.15) is 17.1 Å². The maximum absolute atomic E-state index is 11.8. The minimum absolute atomic E-state index is 0.0532. The highest BCUT2D eigenvalue weighted by Crippen LogP contribution is 2.21. The van der Waals surface area contributed by atoms with Gasteiger partial charge in [0.15, 0.2) is 0 Å². The number of hydrogen-bond acceptors (Lipinski definition) is 3. The van der Waals surface area contributed by atoms with E-state index in [2.05, 4.69) is 10.6 Å². The summed E-state index contributed by atoms with van der Waals surface area (Å²) in [6.07, 6.45) is 0. The molecule has 0 aliphatic heterocycles. The summed E-state index contributed by atoms with van der Waals surface area (Å²) in [5.41, 5.74) is 0.518. The van der Waals surface area contributed by atoms with E-state index in [4.69, 9.17) is 4.42 Å². The molecule has 0 aliphatic carbocycles. The molecule has 1 aromatic carbocycles. The zero-order chi connectivity index (χ0) is 15.5. The summed E-state index contributed by atoms with van der Waals surface area (Å²) in [7, 11) is 0. The smallest absolute Gasteiger partial charge is 0.319 e. The monoisotopic (exact) mass is 288 g/mol. The molecule has 0 aliphatic rings. The van der Waals surface area contributed by atoms with Crippen molar-refractivity contribution < 1.29 is 14.3 Å². The van der Waals surface area contributed by atoms with Crippen LogP contribution in [0.4, 0.5) is 10.5 Å². The first-order valence-corrected chi connectivity index (χ1v) is 6.78. The molecule has 0 bridgehead atoms. The number of amides is 2. The maximum Gasteiger partial charge on any atom is 0.319 e. The molecule has 112 valence electrons. The van der Waals surface area contributed by atoms with Gasteiger partial charge in [0, 0.05) is 5.69 Å². The lowest BCUT2D eigenvalue weighted by molar-refractivity contribution is 0.0364. The summed E-state index contributed by atoms with van der Waals surface area (Å²) in [5, 5.41) is 15.7. The molecule has 2 aromatic rings. The number of anilines is 1. The van der Waals surface area contributed by atoms with Gasteiger partial charge in [-0.1, -0.05) is 12.1 Å². The number of aryl methyl sites for hydroxylation is 2. The van der Waals surface area contributed by atoms with Crippen LogP contribution < -0.4 is 10.6 Å². The second-order valence-electron chi connectivity index (χ2n) is 5.36. The van der Waals surface area contributed by atoms with Crippen molar-refractivity contribution in [1.82, 2.24) is 5.32 Å². The average molecular weight is 288 g/mol. The number of rotatable bonds is 4. The molecule has 2 amide bonds. The van der Waals surface area contributed by atoms with Crippen molar-refractivity contribution in [3.05, 3.63) is 53.5 Å². The molecule has 1 unspecified atom stereocenters. The summed E-state index contributed by atoms with van der Waals surface area (Å²) >= 11 is 0. The Balaban J connectivity index is 1.91. The third-order valence-electron chi connectivity index (χ3n) is 3.14. The Morgan fingerprint density at radius 2 is 2.05 bits per heavy atom. The van der Waals surface area contributed by atoms with E-state index in [-0.39, 0.29) is 12.6 Å². The first-order valence-electron chi connectivity index (χ1n) is 6.78. The Hall–Kier alpha value is -2.27. The van der Waals surface area contributed by atoms with E-state index in [0.717, 1.165) is 11.3 Å². The lowest BCUT2D eigenvalue weighted by Crippen LogP contribution is -2.40. The number of urea groups is 1. The van der Waals surface area contributed by atoms with Crippen LogP contribution in [0.5, 0.6) is 0 Å². The minimum Gasteiger partial charge on any atom is -0.463 e. The first-order chi connectivity index (χ1) is 9.87. The Bertz CT molecular complexity index is 632. The number of carbonyl (C=O) groups is 1. The van der Waals surface area contributed by atoms with Gasteiger partial charge in [-0.25, -0.2) is 4.79 Å². The fourth-order valence-corrected chi connectivity index (χ4v) is 1.96. The molecule has 1 atom stereocenters. The van der Waals surface area contributed by atoms with E-state index < -0.39 is 5.60 Å². The normalized spacial score (nSPS) is 13.5. The molecular weight excluding hydrogens is 268 g/mol. The summed E-state index contributed by atoms with van der Waals surface area (Å²) in [6, 6.07) is 10.6. The molecule has 1 heterocycles. The highest BCUT2D eigenvalue weighted by Gasteiger charge is 2.27. The van der Waals surface area contributed by atoms with Crippen LogP contribution in [-0.4, -0.2) is 17.7 Å². The molecular formula is C16H20N2O3. The van der Waals surface area contributed by atoms with Gasteiger partial charge in [-0.05, 0) is 50.6 Å². The van der Waals surface area contributed by atoms with Crippen molar-refractivity contribution in [2.75, 3.05) is 11.9 Å². The van der Waals surface area contributed by atoms with Crippen LogP contribution >= 0.6 is 0 Å². The van der Waals surface area contributed by atoms with Gasteiger partial charge < -0.3 is 20.2 Å². The fraction of sp³-hybridized carbons (Fsp3) is 0.312. The predicted molar refractivity (Wildman–Crippen MR) is 81.2 cm³/mol. The molecule has 0 fully saturated rings. The van der Waals surface area contributed by atoms with E-state index in [0.29, 0.717) is 11.4 Å². The zero-order valence-corrected chi connectivity index (χ0v) is 12.4. The van der Waals surface area contributed by atoms with Crippen LogP contribution in [0.1, 0.15) is 24.0 Å². The molecule has 5 nitrogen and oxygen atoms in total. The molecule has 0 saturated heterocycles. The Labute approximate surface area is 124 Å². The fourth-order valence-electron chi connectivity index (χ4n) is 1.96. The highest BCUT2D eigenvalue weighted by molar-refractivity contribution is 5.89. The van der Waals surface area contributed by atoms with Crippen LogP contribution in [0.15, 0.2) is 40.8 Å². The number of nitrogens with one attached hydrogen (secondary N) is 2. The van der Waals surface area contributed by atoms with Crippen LogP contribution in [-0.2, 0) is 5.60 Å². The molecule has 3 N–H and O–H groups in total. The van der Waals surface area contributed by atoms with Crippen LogP contribution in [0.2, 0.25) is 0 Å². The summed E-state index contributed by atoms with van der Waals surface area (Å²) in [4.78, 5) is 11.8. The van der Waals surface area contributed by atoms with Gasteiger partial charge in [-0.3, -0.25) is 0 Å². The second-order valence-corrected chi connectivity index (χ2v) is 5.36. The quantitative estimate of drug-likeness (QED) is 0.809. The number of benzene rings is 1. The van der Waals surface area contributed by atoms with E-state index in [1.54, 1.807) is 32.0 Å². The van der Waals surface area contributed by atoms with Gasteiger partial charge in [-0.15, -0.1) is 0 Å².